The number of hydrogen-bond donors (Lipinski definition) is 6. The van der Waals surface area contributed by atoms with Crippen molar-refractivity contribution in [3.8, 4) is 0 Å². The largest absolute Gasteiger partial charge is 0.460 e. The quantitative estimate of drug-likeness (QED) is 0.277. The molecule has 0 radical (unpaired) electrons. The first-order valence-corrected chi connectivity index (χ1v) is 13.7. The van der Waals surface area contributed by atoms with E-state index in [1.165, 1.54) is 6.08 Å². The van der Waals surface area contributed by atoms with Crippen molar-refractivity contribution >= 4 is 5.97 Å². The fourth-order valence-corrected chi connectivity index (χ4v) is 4.10. The van der Waals surface area contributed by atoms with Crippen LogP contribution in [-0.2, 0) is 19.0 Å². The Bertz CT molecular complexity index is 906. The molecule has 0 aliphatic carbocycles. The van der Waals surface area contributed by atoms with Crippen LogP contribution in [-0.4, -0.2) is 98.3 Å². The van der Waals surface area contributed by atoms with E-state index in [0.29, 0.717) is 19.3 Å². The lowest BCUT2D eigenvalue weighted by Gasteiger charge is -2.40. The molecule has 0 aromatic heterocycles. The highest BCUT2D eigenvalue weighted by atomic mass is 16.7. The molecule has 10 nitrogen and oxygen atoms in total. The summed E-state index contributed by atoms with van der Waals surface area (Å²) in [5, 5.41) is 60.2. The Balaban J connectivity index is 2.12. The maximum atomic E-state index is 12.1. The van der Waals surface area contributed by atoms with E-state index in [4.69, 9.17) is 14.2 Å². The monoisotopic (exact) mass is 564 g/mol. The molecule has 0 amide bonds. The number of aliphatic hydroxyl groups excluding tert-OH is 6. The van der Waals surface area contributed by atoms with Crippen LogP contribution in [0.3, 0.4) is 0 Å². The zero-order chi connectivity index (χ0) is 29.3. The predicted molar refractivity (Wildman–Crippen MR) is 149 cm³/mol. The average molecular weight is 565 g/mol. The number of rotatable bonds is 3. The van der Waals surface area contributed by atoms with Gasteiger partial charge in [0.2, 0.25) is 0 Å². The zero-order valence-corrected chi connectivity index (χ0v) is 22.9. The second-order valence-electron chi connectivity index (χ2n) is 9.89. The Morgan fingerprint density at radius 1 is 0.875 bits per heavy atom. The van der Waals surface area contributed by atoms with E-state index >= 15 is 0 Å². The minimum Gasteiger partial charge on any atom is -0.460 e. The van der Waals surface area contributed by atoms with E-state index in [2.05, 4.69) is 0 Å². The highest BCUT2D eigenvalue weighted by Gasteiger charge is 2.44. The summed E-state index contributed by atoms with van der Waals surface area (Å²) < 4.78 is 16.7. The number of esters is 1. The molecule has 9 atom stereocenters. The van der Waals surface area contributed by atoms with Gasteiger partial charge in [0.15, 0.2) is 6.29 Å². The maximum absolute atomic E-state index is 12.1. The Morgan fingerprint density at radius 2 is 1.57 bits per heavy atom. The third-order valence-electron chi connectivity index (χ3n) is 6.38. The number of aliphatic hydroxyl groups is 6. The smallest absolute Gasteiger partial charge is 0.331 e. The molecule has 2 aliphatic heterocycles. The number of hydrogen-bond acceptors (Lipinski definition) is 10. The summed E-state index contributed by atoms with van der Waals surface area (Å²) in [5.41, 5.74) is 0. The molecule has 1 fully saturated rings. The van der Waals surface area contributed by atoms with E-state index in [-0.39, 0.29) is 12.5 Å². The van der Waals surface area contributed by atoms with Gasteiger partial charge in [0.05, 0.1) is 31.0 Å². The molecule has 0 spiro atoms. The number of ether oxygens (including phenoxy) is 3. The highest BCUT2D eigenvalue weighted by molar-refractivity contribution is 5.82. The third kappa shape index (κ3) is 12.8. The van der Waals surface area contributed by atoms with E-state index in [9.17, 15) is 35.4 Å². The lowest BCUT2D eigenvalue weighted by molar-refractivity contribution is -0.307. The molecule has 2 aliphatic rings. The van der Waals surface area contributed by atoms with Gasteiger partial charge in [-0.3, -0.25) is 0 Å². The molecule has 6 N–H and O–H groups in total. The molecule has 0 aromatic rings. The topological polar surface area (TPSA) is 166 Å². The van der Waals surface area contributed by atoms with Crippen LogP contribution < -0.4 is 0 Å². The first kappa shape index (κ1) is 33.8. The lowest BCUT2D eigenvalue weighted by Crippen LogP contribution is -2.59. The van der Waals surface area contributed by atoms with Crippen molar-refractivity contribution in [1.82, 2.24) is 0 Å². The van der Waals surface area contributed by atoms with Gasteiger partial charge in [-0.25, -0.2) is 4.79 Å². The van der Waals surface area contributed by atoms with E-state index in [1.807, 2.05) is 19.1 Å². The summed E-state index contributed by atoms with van der Waals surface area (Å²) in [6, 6.07) is 0. The summed E-state index contributed by atoms with van der Waals surface area (Å²) in [6.07, 6.45) is 13.9. The number of allylic oxidation sites excluding steroid dienone is 7. The summed E-state index contributed by atoms with van der Waals surface area (Å²) in [4.78, 5) is 12.1. The van der Waals surface area contributed by atoms with E-state index in [0.717, 1.165) is 12.8 Å². The van der Waals surface area contributed by atoms with Gasteiger partial charge in [-0.2, -0.15) is 0 Å². The van der Waals surface area contributed by atoms with Crippen molar-refractivity contribution in [3.05, 3.63) is 72.9 Å². The minimum absolute atomic E-state index is 0.183. The van der Waals surface area contributed by atoms with Gasteiger partial charge in [-0.1, -0.05) is 66.8 Å². The Labute approximate surface area is 235 Å². The van der Waals surface area contributed by atoms with E-state index in [1.54, 1.807) is 54.7 Å². The van der Waals surface area contributed by atoms with Gasteiger partial charge in [-0.15, -0.1) is 0 Å². The van der Waals surface area contributed by atoms with Gasteiger partial charge < -0.3 is 44.8 Å². The van der Waals surface area contributed by atoms with Crippen molar-refractivity contribution in [1.29, 1.82) is 0 Å². The molecule has 2 rings (SSSR count). The first-order chi connectivity index (χ1) is 19.2. The van der Waals surface area contributed by atoms with Crippen LogP contribution in [0.5, 0.6) is 0 Å². The SMILES string of the molecule is CC1CCC/C=C/C=C/C(O)CC(O)C/C=C\C=C\C(OC2OC(CO)C(O)C(O)C2O)C/C=C/C=C\C(=O)O1. The standard InChI is InChI=1S/C30H44O10/c1-21-13-7-3-2-4-8-14-22(32)19-23(33)15-9-5-10-16-24(17-11-6-12-18-26(34)38-21)39-30-29(37)28(36)27(35)25(20-31)40-30/h2,4-6,8-12,14,16,18,21-25,27-33,35-37H,3,7,13,15,17,19-20H2,1H3/b4-2+,9-5-,11-6+,14-8+,16-10+,18-12-. The fraction of sp³-hybridized carbons (Fsp3) is 0.567. The van der Waals surface area contributed by atoms with Crippen LogP contribution in [0.1, 0.15) is 45.4 Å². The highest BCUT2D eigenvalue weighted by Crippen LogP contribution is 2.24. The number of carbonyl (C=O) groups excluding carboxylic acids is 1. The summed E-state index contributed by atoms with van der Waals surface area (Å²) >= 11 is 0. The Kier molecular flexibility index (Phi) is 15.9. The molecular formula is C30H44O10. The maximum Gasteiger partial charge on any atom is 0.331 e. The molecule has 9 unspecified atom stereocenters. The molecular weight excluding hydrogens is 520 g/mol. The van der Waals surface area contributed by atoms with Crippen LogP contribution in [0.15, 0.2) is 72.9 Å². The predicted octanol–water partition coefficient (Wildman–Crippen LogP) is 1.52. The van der Waals surface area contributed by atoms with Crippen molar-refractivity contribution in [2.75, 3.05) is 6.61 Å². The van der Waals surface area contributed by atoms with Gasteiger partial charge in [0, 0.05) is 12.5 Å². The normalized spacial score (nSPS) is 40.6. The molecule has 2 heterocycles. The van der Waals surface area contributed by atoms with Crippen molar-refractivity contribution < 1.29 is 49.6 Å². The van der Waals surface area contributed by atoms with Crippen LogP contribution in [0.4, 0.5) is 0 Å². The molecule has 40 heavy (non-hydrogen) atoms. The molecule has 1 saturated heterocycles. The van der Waals surface area contributed by atoms with Crippen LogP contribution in [0.2, 0.25) is 0 Å². The second-order valence-corrected chi connectivity index (χ2v) is 9.89. The number of cyclic esters (lactones) is 1. The Morgan fingerprint density at radius 3 is 2.35 bits per heavy atom. The van der Waals surface area contributed by atoms with Crippen LogP contribution >= 0.6 is 0 Å². The summed E-state index contributed by atoms with van der Waals surface area (Å²) in [6.45, 7) is 1.26. The van der Waals surface area contributed by atoms with Crippen LogP contribution in [0, 0.1) is 0 Å². The summed E-state index contributed by atoms with van der Waals surface area (Å²) in [5.74, 6) is -0.458. The minimum atomic E-state index is -1.57. The van der Waals surface area contributed by atoms with Gasteiger partial charge in [-0.05, 0) is 39.0 Å². The van der Waals surface area contributed by atoms with E-state index < -0.39 is 61.6 Å². The molecule has 10 heteroatoms. The third-order valence-corrected chi connectivity index (χ3v) is 6.38. The zero-order valence-electron chi connectivity index (χ0n) is 22.9. The first-order valence-electron chi connectivity index (χ1n) is 13.7. The van der Waals surface area contributed by atoms with Gasteiger partial charge in [0.25, 0.3) is 0 Å². The molecule has 0 bridgehead atoms. The number of carbonyl (C=O) groups is 1. The van der Waals surface area contributed by atoms with Gasteiger partial charge >= 0.3 is 5.97 Å². The van der Waals surface area contributed by atoms with Crippen molar-refractivity contribution in [2.24, 2.45) is 0 Å². The Hall–Kier alpha value is -2.41. The average Bonchev–Trinajstić information content (AvgIpc) is 2.91. The molecule has 224 valence electrons. The molecule has 0 saturated carbocycles. The van der Waals surface area contributed by atoms with Gasteiger partial charge in [0.1, 0.15) is 24.4 Å². The van der Waals surface area contributed by atoms with Crippen molar-refractivity contribution in [3.63, 3.8) is 0 Å². The summed E-state index contributed by atoms with van der Waals surface area (Å²) in [7, 11) is 0. The second kappa shape index (κ2) is 18.8. The molecule has 0 aromatic carbocycles. The van der Waals surface area contributed by atoms with Crippen LogP contribution in [0.25, 0.3) is 0 Å². The lowest BCUT2D eigenvalue weighted by atomic mass is 9.99. The van der Waals surface area contributed by atoms with Crippen molar-refractivity contribution in [2.45, 2.75) is 101 Å². The fourth-order valence-electron chi connectivity index (χ4n) is 4.10.